The lowest BCUT2D eigenvalue weighted by atomic mass is 10.2. The molecule has 0 aliphatic rings. The van der Waals surface area contributed by atoms with Crippen LogP contribution in [0.1, 0.15) is 18.9 Å². The van der Waals surface area contributed by atoms with E-state index in [2.05, 4.69) is 0 Å². The summed E-state index contributed by atoms with van der Waals surface area (Å²) in [4.78, 5) is 1.98. The second kappa shape index (κ2) is 8.92. The lowest BCUT2D eigenvalue weighted by molar-refractivity contribution is 0.0705. The molecule has 5 heteroatoms. The zero-order chi connectivity index (χ0) is 15.0. The molecule has 0 radical (unpaired) electrons. The molecule has 0 bridgehead atoms. The lowest BCUT2D eigenvalue weighted by Crippen LogP contribution is -2.34. The van der Waals surface area contributed by atoms with Crippen LogP contribution < -0.4 is 10.5 Å². The standard InChI is InChI=1S/C15H26N2O3/c1-12(18)7-8-17(2)10-14(19)11-20-15-6-4-3-5-13(15)9-16/h3-6,12,14,18-19H,7-11,16H2,1-2H3. The van der Waals surface area contributed by atoms with Crippen molar-refractivity contribution in [3.63, 3.8) is 0 Å². The number of benzene rings is 1. The molecule has 0 heterocycles. The Morgan fingerprint density at radius 2 is 2.00 bits per heavy atom. The van der Waals surface area contributed by atoms with Crippen LogP contribution in [0, 0.1) is 0 Å². The number of nitrogens with two attached hydrogens (primary N) is 1. The number of likely N-dealkylation sites (N-methyl/N-ethyl adjacent to an activating group) is 1. The average molecular weight is 282 g/mol. The molecule has 0 saturated carbocycles. The molecule has 2 unspecified atom stereocenters. The van der Waals surface area contributed by atoms with Gasteiger partial charge >= 0.3 is 0 Å². The number of rotatable bonds is 9. The molecule has 0 amide bonds. The van der Waals surface area contributed by atoms with Gasteiger partial charge in [0.25, 0.3) is 0 Å². The van der Waals surface area contributed by atoms with Gasteiger partial charge in [0.15, 0.2) is 0 Å². The molecule has 2 atom stereocenters. The van der Waals surface area contributed by atoms with Gasteiger partial charge in [-0.15, -0.1) is 0 Å². The van der Waals surface area contributed by atoms with Crippen molar-refractivity contribution in [3.8, 4) is 5.75 Å². The van der Waals surface area contributed by atoms with E-state index in [1.165, 1.54) is 0 Å². The van der Waals surface area contributed by atoms with Gasteiger partial charge in [-0.2, -0.15) is 0 Å². The van der Waals surface area contributed by atoms with Crippen LogP contribution in [0.15, 0.2) is 24.3 Å². The van der Waals surface area contributed by atoms with Crippen LogP contribution >= 0.6 is 0 Å². The molecular formula is C15H26N2O3. The zero-order valence-electron chi connectivity index (χ0n) is 12.3. The molecule has 0 spiro atoms. The van der Waals surface area contributed by atoms with Crippen LogP contribution in [0.2, 0.25) is 0 Å². The number of hydrogen-bond donors (Lipinski definition) is 3. The number of ether oxygens (including phenoxy) is 1. The highest BCUT2D eigenvalue weighted by atomic mass is 16.5. The number of aliphatic hydroxyl groups excluding tert-OH is 2. The highest BCUT2D eigenvalue weighted by Gasteiger charge is 2.11. The van der Waals surface area contributed by atoms with E-state index < -0.39 is 6.10 Å². The van der Waals surface area contributed by atoms with E-state index in [0.29, 0.717) is 19.5 Å². The Balaban J connectivity index is 2.33. The first kappa shape index (κ1) is 16.9. The summed E-state index contributed by atoms with van der Waals surface area (Å²) in [6, 6.07) is 7.56. The predicted molar refractivity (Wildman–Crippen MR) is 79.6 cm³/mol. The lowest BCUT2D eigenvalue weighted by Gasteiger charge is -2.21. The first-order chi connectivity index (χ1) is 9.52. The van der Waals surface area contributed by atoms with Crippen LogP contribution in [0.5, 0.6) is 5.75 Å². The van der Waals surface area contributed by atoms with Crippen LogP contribution in [0.3, 0.4) is 0 Å². The molecule has 5 nitrogen and oxygen atoms in total. The molecule has 0 fully saturated rings. The molecule has 114 valence electrons. The van der Waals surface area contributed by atoms with Gasteiger partial charge in [0.1, 0.15) is 18.5 Å². The van der Waals surface area contributed by atoms with Crippen LogP contribution in [-0.4, -0.2) is 54.1 Å². The maximum Gasteiger partial charge on any atom is 0.123 e. The van der Waals surface area contributed by atoms with Gasteiger partial charge in [-0.05, 0) is 26.5 Å². The Hall–Kier alpha value is -1.14. The second-order valence-electron chi connectivity index (χ2n) is 5.18. The van der Waals surface area contributed by atoms with Crippen molar-refractivity contribution in [2.45, 2.75) is 32.1 Å². The fourth-order valence-electron chi connectivity index (χ4n) is 1.91. The van der Waals surface area contributed by atoms with E-state index >= 15 is 0 Å². The van der Waals surface area contributed by atoms with Crippen molar-refractivity contribution in [1.29, 1.82) is 0 Å². The Morgan fingerprint density at radius 1 is 1.30 bits per heavy atom. The van der Waals surface area contributed by atoms with Crippen molar-refractivity contribution < 1.29 is 14.9 Å². The fraction of sp³-hybridized carbons (Fsp3) is 0.600. The van der Waals surface area contributed by atoms with Gasteiger partial charge in [0.05, 0.1) is 6.10 Å². The number of hydrogen-bond acceptors (Lipinski definition) is 5. The van der Waals surface area contributed by atoms with E-state index in [1.54, 1.807) is 6.92 Å². The maximum absolute atomic E-state index is 9.95. The summed E-state index contributed by atoms with van der Waals surface area (Å²) in [5.41, 5.74) is 6.56. The highest BCUT2D eigenvalue weighted by Crippen LogP contribution is 2.17. The van der Waals surface area contributed by atoms with Crippen molar-refractivity contribution in [1.82, 2.24) is 4.90 Å². The quantitative estimate of drug-likeness (QED) is 0.618. The Morgan fingerprint density at radius 3 is 2.65 bits per heavy atom. The Bertz CT molecular complexity index is 385. The smallest absolute Gasteiger partial charge is 0.123 e. The number of aliphatic hydroxyl groups is 2. The van der Waals surface area contributed by atoms with E-state index in [-0.39, 0.29) is 12.7 Å². The van der Waals surface area contributed by atoms with E-state index in [4.69, 9.17) is 10.5 Å². The van der Waals surface area contributed by atoms with E-state index in [1.807, 2.05) is 36.2 Å². The molecule has 1 aromatic rings. The first-order valence-electron chi connectivity index (χ1n) is 6.98. The average Bonchev–Trinajstić information content (AvgIpc) is 2.43. The third-order valence-electron chi connectivity index (χ3n) is 3.07. The predicted octanol–water partition coefficient (Wildman–Crippen LogP) is 0.588. The Kier molecular flexibility index (Phi) is 7.54. The molecule has 0 aliphatic carbocycles. The molecule has 0 aliphatic heterocycles. The summed E-state index contributed by atoms with van der Waals surface area (Å²) in [6.45, 7) is 3.67. The van der Waals surface area contributed by atoms with Crippen molar-refractivity contribution >= 4 is 0 Å². The number of para-hydroxylation sites is 1. The summed E-state index contributed by atoms with van der Waals surface area (Å²) in [7, 11) is 1.92. The second-order valence-corrected chi connectivity index (χ2v) is 5.18. The van der Waals surface area contributed by atoms with E-state index in [0.717, 1.165) is 17.9 Å². The summed E-state index contributed by atoms with van der Waals surface area (Å²) in [5.74, 6) is 0.723. The topological polar surface area (TPSA) is 79.0 Å². The SMILES string of the molecule is CC(O)CCN(C)CC(O)COc1ccccc1CN. The minimum Gasteiger partial charge on any atom is -0.491 e. The van der Waals surface area contributed by atoms with Crippen LogP contribution in [0.25, 0.3) is 0 Å². The normalized spacial score (nSPS) is 14.3. The minimum absolute atomic E-state index is 0.232. The highest BCUT2D eigenvalue weighted by molar-refractivity contribution is 5.32. The molecule has 20 heavy (non-hydrogen) atoms. The van der Waals surface area contributed by atoms with Crippen molar-refractivity contribution in [2.24, 2.45) is 5.73 Å². The fourth-order valence-corrected chi connectivity index (χ4v) is 1.91. The summed E-state index contributed by atoms with van der Waals surface area (Å²) >= 11 is 0. The van der Waals surface area contributed by atoms with Crippen molar-refractivity contribution in [3.05, 3.63) is 29.8 Å². The van der Waals surface area contributed by atoms with Crippen LogP contribution in [-0.2, 0) is 6.54 Å². The van der Waals surface area contributed by atoms with Gasteiger partial charge in [-0.25, -0.2) is 0 Å². The number of nitrogens with zero attached hydrogens (tertiary/aromatic N) is 1. The molecule has 0 aromatic heterocycles. The van der Waals surface area contributed by atoms with Crippen LogP contribution in [0.4, 0.5) is 0 Å². The van der Waals surface area contributed by atoms with Gasteiger partial charge in [-0.1, -0.05) is 18.2 Å². The Labute approximate surface area is 121 Å². The maximum atomic E-state index is 9.95. The zero-order valence-corrected chi connectivity index (χ0v) is 12.3. The largest absolute Gasteiger partial charge is 0.491 e. The van der Waals surface area contributed by atoms with Crippen molar-refractivity contribution in [2.75, 3.05) is 26.7 Å². The molecule has 0 saturated heterocycles. The monoisotopic (exact) mass is 282 g/mol. The molecule has 1 aromatic carbocycles. The summed E-state index contributed by atoms with van der Waals surface area (Å²) < 4.78 is 5.61. The molecule has 1 rings (SSSR count). The van der Waals surface area contributed by atoms with Gasteiger partial charge in [-0.3, -0.25) is 0 Å². The minimum atomic E-state index is -0.570. The van der Waals surface area contributed by atoms with Gasteiger partial charge in [0, 0.05) is 25.2 Å². The first-order valence-corrected chi connectivity index (χ1v) is 6.98. The van der Waals surface area contributed by atoms with Gasteiger partial charge in [0.2, 0.25) is 0 Å². The summed E-state index contributed by atoms with van der Waals surface area (Å²) in [5, 5.41) is 19.2. The third kappa shape index (κ3) is 6.34. The third-order valence-corrected chi connectivity index (χ3v) is 3.07. The van der Waals surface area contributed by atoms with Gasteiger partial charge < -0.3 is 25.6 Å². The van der Waals surface area contributed by atoms with E-state index in [9.17, 15) is 10.2 Å². The summed E-state index contributed by atoms with van der Waals surface area (Å²) in [6.07, 6.45) is -0.192. The molecule has 4 N–H and O–H groups in total. The molecular weight excluding hydrogens is 256 g/mol.